The van der Waals surface area contributed by atoms with Crippen LogP contribution in [0.5, 0.6) is 0 Å². The smallest absolute Gasteiger partial charge is 0.196 e. The van der Waals surface area contributed by atoms with Crippen LogP contribution in [0.1, 0.15) is 43.9 Å². The van der Waals surface area contributed by atoms with Crippen molar-refractivity contribution in [2.24, 2.45) is 0 Å². The van der Waals surface area contributed by atoms with Gasteiger partial charge in [-0.15, -0.1) is 5.10 Å². The Labute approximate surface area is 229 Å². The third-order valence-electron chi connectivity index (χ3n) is 6.52. The van der Waals surface area contributed by atoms with Gasteiger partial charge in [-0.05, 0) is 77.9 Å². The standard InChI is InChI=1S/C26H41IN6O3/c1-19(13-15-32(5)24-16-20(2)35-26(36-27)25(24)34)28-14-7-6-8-21-9-11-23(12-10-21)33-18-22(29-30-33)17-31(3)4/h9-12,18,20,24-26,28,34H,1,6-8,13-17H2,2-5H3/t20?,24?,25-,26?/m1/s1. The number of hydrogen-bond acceptors (Lipinski definition) is 8. The normalized spacial score (nSPS) is 22.3. The third-order valence-corrected chi connectivity index (χ3v) is 7.02. The monoisotopic (exact) mass is 612 g/mol. The molecular weight excluding hydrogens is 571 g/mol. The van der Waals surface area contributed by atoms with Crippen molar-refractivity contribution in [3.05, 3.63) is 54.0 Å². The molecular formula is C26H41IN6O3. The Morgan fingerprint density at radius 2 is 2.03 bits per heavy atom. The molecule has 2 heterocycles. The molecule has 0 radical (unpaired) electrons. The summed E-state index contributed by atoms with van der Waals surface area (Å²) in [4.78, 5) is 4.27. The van der Waals surface area contributed by atoms with Gasteiger partial charge >= 0.3 is 0 Å². The first-order chi connectivity index (χ1) is 17.3. The van der Waals surface area contributed by atoms with Gasteiger partial charge in [0.15, 0.2) is 6.29 Å². The summed E-state index contributed by atoms with van der Waals surface area (Å²) in [5.74, 6) is 0. The summed E-state index contributed by atoms with van der Waals surface area (Å²) in [6.07, 6.45) is 5.65. The molecule has 10 heteroatoms. The van der Waals surface area contributed by atoms with E-state index in [-0.39, 0.29) is 12.1 Å². The summed E-state index contributed by atoms with van der Waals surface area (Å²) in [7, 11) is 6.09. The number of rotatable bonds is 14. The molecule has 36 heavy (non-hydrogen) atoms. The van der Waals surface area contributed by atoms with Gasteiger partial charge in [-0.3, -0.25) is 3.07 Å². The third kappa shape index (κ3) is 8.77. The highest BCUT2D eigenvalue weighted by Gasteiger charge is 2.38. The van der Waals surface area contributed by atoms with Gasteiger partial charge in [-0.1, -0.05) is 23.9 Å². The topological polar surface area (TPSA) is 87.9 Å². The molecule has 0 saturated carbocycles. The zero-order valence-electron chi connectivity index (χ0n) is 21.9. The molecule has 0 spiro atoms. The first-order valence-electron chi connectivity index (χ1n) is 12.6. The fraction of sp³-hybridized carbons (Fsp3) is 0.615. The highest BCUT2D eigenvalue weighted by atomic mass is 127. The predicted octanol–water partition coefficient (Wildman–Crippen LogP) is 3.31. The van der Waals surface area contributed by atoms with E-state index in [2.05, 4.69) is 56.3 Å². The van der Waals surface area contributed by atoms with Crippen molar-refractivity contribution >= 4 is 23.0 Å². The number of aromatic nitrogens is 3. The quantitative estimate of drug-likeness (QED) is 0.249. The van der Waals surface area contributed by atoms with Crippen LogP contribution in [0.25, 0.3) is 5.69 Å². The molecule has 1 aliphatic rings. The molecule has 3 unspecified atom stereocenters. The molecule has 1 fully saturated rings. The minimum absolute atomic E-state index is 0.0114. The van der Waals surface area contributed by atoms with Gasteiger partial charge in [0.05, 0.1) is 23.7 Å². The van der Waals surface area contributed by atoms with Crippen LogP contribution in [-0.4, -0.2) is 88.7 Å². The van der Waals surface area contributed by atoms with Crippen LogP contribution >= 0.6 is 23.0 Å². The lowest BCUT2D eigenvalue weighted by Gasteiger charge is -2.41. The molecule has 2 aromatic rings. The van der Waals surface area contributed by atoms with Gasteiger partial charge in [0.1, 0.15) is 29.1 Å². The van der Waals surface area contributed by atoms with Gasteiger partial charge in [0, 0.05) is 31.4 Å². The number of aliphatic hydroxyl groups excluding tert-OH is 1. The number of likely N-dealkylation sites (N-methyl/N-ethyl adjacent to an activating group) is 1. The summed E-state index contributed by atoms with van der Waals surface area (Å²) in [6, 6.07) is 8.56. The van der Waals surface area contributed by atoms with Crippen LogP contribution in [0.4, 0.5) is 0 Å². The van der Waals surface area contributed by atoms with E-state index < -0.39 is 12.4 Å². The number of nitrogens with one attached hydrogen (secondary N) is 1. The molecule has 4 atom stereocenters. The van der Waals surface area contributed by atoms with Crippen molar-refractivity contribution in [1.29, 1.82) is 0 Å². The molecule has 0 bridgehead atoms. The van der Waals surface area contributed by atoms with Gasteiger partial charge < -0.3 is 25.0 Å². The fourth-order valence-electron chi connectivity index (χ4n) is 4.46. The summed E-state index contributed by atoms with van der Waals surface area (Å²) in [5.41, 5.74) is 4.34. The second-order valence-electron chi connectivity index (χ2n) is 9.97. The summed E-state index contributed by atoms with van der Waals surface area (Å²) >= 11 is 1.80. The maximum atomic E-state index is 10.5. The lowest BCUT2D eigenvalue weighted by Crippen LogP contribution is -2.54. The molecule has 1 aromatic carbocycles. The van der Waals surface area contributed by atoms with Crippen molar-refractivity contribution in [2.75, 3.05) is 34.2 Å². The molecule has 2 N–H and O–H groups in total. The Morgan fingerprint density at radius 1 is 1.28 bits per heavy atom. The average molecular weight is 613 g/mol. The van der Waals surface area contributed by atoms with E-state index in [0.29, 0.717) is 0 Å². The molecule has 0 amide bonds. The van der Waals surface area contributed by atoms with Crippen LogP contribution in [0.3, 0.4) is 0 Å². The van der Waals surface area contributed by atoms with Gasteiger partial charge in [0.25, 0.3) is 0 Å². The maximum absolute atomic E-state index is 10.5. The molecule has 0 aliphatic carbocycles. The SMILES string of the molecule is C=C(CCN(C)C1CC(C)OC(OI)[C@@H]1O)NCCCCc1ccc(-n2cc(CN(C)C)nn2)cc1. The fourth-order valence-corrected chi connectivity index (χ4v) is 4.88. The van der Waals surface area contributed by atoms with E-state index in [1.807, 2.05) is 38.9 Å². The van der Waals surface area contributed by atoms with Crippen LogP contribution in [-0.2, 0) is 20.8 Å². The van der Waals surface area contributed by atoms with E-state index in [1.54, 1.807) is 23.0 Å². The van der Waals surface area contributed by atoms with Crippen LogP contribution in [0, 0.1) is 0 Å². The minimum Gasteiger partial charge on any atom is -0.389 e. The second kappa shape index (κ2) is 14.4. The first-order valence-corrected chi connectivity index (χ1v) is 13.5. The van der Waals surface area contributed by atoms with Crippen molar-refractivity contribution in [3.63, 3.8) is 0 Å². The molecule has 1 saturated heterocycles. The number of benzene rings is 1. The second-order valence-corrected chi connectivity index (χ2v) is 10.5. The highest BCUT2D eigenvalue weighted by Crippen LogP contribution is 2.26. The molecule has 1 aliphatic heterocycles. The Bertz CT molecular complexity index is 938. The number of halogens is 1. The number of nitrogens with zero attached hydrogens (tertiary/aromatic N) is 5. The number of unbranched alkanes of at least 4 members (excludes halogenated alkanes) is 1. The van der Waals surface area contributed by atoms with Gasteiger partial charge in [-0.2, -0.15) is 0 Å². The van der Waals surface area contributed by atoms with Crippen molar-refractivity contribution in [1.82, 2.24) is 30.1 Å². The van der Waals surface area contributed by atoms with E-state index in [1.165, 1.54) is 5.56 Å². The molecule has 3 rings (SSSR count). The molecule has 200 valence electrons. The van der Waals surface area contributed by atoms with Gasteiger partial charge in [-0.25, -0.2) is 4.68 Å². The summed E-state index contributed by atoms with van der Waals surface area (Å²) in [5, 5.41) is 22.5. The Morgan fingerprint density at radius 3 is 2.72 bits per heavy atom. The Kier molecular flexibility index (Phi) is 11.6. The van der Waals surface area contributed by atoms with Gasteiger partial charge in [0.2, 0.25) is 0 Å². The van der Waals surface area contributed by atoms with Crippen molar-refractivity contribution < 1.29 is 12.9 Å². The molecule has 1 aromatic heterocycles. The van der Waals surface area contributed by atoms with E-state index in [0.717, 1.165) is 68.8 Å². The first kappa shape index (κ1) is 29.0. The van der Waals surface area contributed by atoms with Crippen LogP contribution < -0.4 is 5.32 Å². The highest BCUT2D eigenvalue weighted by molar-refractivity contribution is 14.1. The maximum Gasteiger partial charge on any atom is 0.196 e. The summed E-state index contributed by atoms with van der Waals surface area (Å²) in [6.45, 7) is 8.71. The van der Waals surface area contributed by atoms with Crippen LogP contribution in [0.2, 0.25) is 0 Å². The largest absolute Gasteiger partial charge is 0.389 e. The van der Waals surface area contributed by atoms with Crippen LogP contribution in [0.15, 0.2) is 42.7 Å². The summed E-state index contributed by atoms with van der Waals surface area (Å²) < 4.78 is 12.7. The van der Waals surface area contributed by atoms with Crippen molar-refractivity contribution in [3.8, 4) is 5.69 Å². The Hall–Kier alpha value is -1.57. The molecule has 9 nitrogen and oxygen atoms in total. The number of aryl methyl sites for hydroxylation is 1. The van der Waals surface area contributed by atoms with E-state index in [9.17, 15) is 5.11 Å². The minimum atomic E-state index is -0.657. The van der Waals surface area contributed by atoms with E-state index in [4.69, 9.17) is 7.80 Å². The average Bonchev–Trinajstić information content (AvgIpc) is 3.31. The Balaban J connectivity index is 1.31. The number of ether oxygens (including phenoxy) is 1. The zero-order chi connectivity index (χ0) is 26.1. The lowest BCUT2D eigenvalue weighted by molar-refractivity contribution is -0.206. The zero-order valence-corrected chi connectivity index (χ0v) is 24.1. The lowest BCUT2D eigenvalue weighted by atomic mass is 9.99. The number of aliphatic hydroxyl groups is 1. The number of hydrogen-bond donors (Lipinski definition) is 2. The van der Waals surface area contributed by atoms with E-state index >= 15 is 0 Å². The predicted molar refractivity (Wildman–Crippen MR) is 150 cm³/mol. The van der Waals surface area contributed by atoms with Crippen molar-refractivity contribution in [2.45, 2.75) is 70.1 Å².